The highest BCUT2D eigenvalue weighted by molar-refractivity contribution is 5.32. The van der Waals surface area contributed by atoms with Gasteiger partial charge in [-0.15, -0.1) is 0 Å². The summed E-state index contributed by atoms with van der Waals surface area (Å²) in [5.74, 6) is 0.654. The molecule has 1 rings (SSSR count). The smallest absolute Gasteiger partial charge is 0.211 e. The zero-order valence-corrected chi connectivity index (χ0v) is 6.62. The minimum atomic E-state index is 0.637. The van der Waals surface area contributed by atoms with E-state index in [0.29, 0.717) is 12.5 Å². The van der Waals surface area contributed by atoms with Crippen LogP contribution in [0.15, 0.2) is 17.1 Å². The highest BCUT2D eigenvalue weighted by Crippen LogP contribution is 2.19. The van der Waals surface area contributed by atoms with E-state index < -0.39 is 0 Å². The summed E-state index contributed by atoms with van der Waals surface area (Å²) in [4.78, 5) is 13.3. The van der Waals surface area contributed by atoms with Crippen LogP contribution in [0.2, 0.25) is 0 Å². The summed E-state index contributed by atoms with van der Waals surface area (Å²) in [6.07, 6.45) is 10.8. The first-order valence-corrected chi connectivity index (χ1v) is 4.14. The molecule has 0 spiro atoms. The van der Waals surface area contributed by atoms with Crippen molar-refractivity contribution in [2.24, 2.45) is 10.9 Å². The maximum atomic E-state index is 9.74. The summed E-state index contributed by atoms with van der Waals surface area (Å²) < 4.78 is 0. The van der Waals surface area contributed by atoms with Crippen molar-refractivity contribution in [2.45, 2.75) is 25.7 Å². The average molecular weight is 151 g/mol. The summed E-state index contributed by atoms with van der Waals surface area (Å²) in [5.41, 5.74) is 0. The van der Waals surface area contributed by atoms with E-state index >= 15 is 0 Å². The molecule has 0 amide bonds. The number of rotatable bonds is 3. The molecule has 11 heavy (non-hydrogen) atoms. The van der Waals surface area contributed by atoms with E-state index in [1.54, 1.807) is 6.08 Å². The second kappa shape index (κ2) is 4.86. The van der Waals surface area contributed by atoms with Crippen molar-refractivity contribution in [3.05, 3.63) is 12.2 Å². The van der Waals surface area contributed by atoms with Gasteiger partial charge >= 0.3 is 0 Å². The van der Waals surface area contributed by atoms with E-state index in [1.807, 2.05) is 0 Å². The van der Waals surface area contributed by atoms with Gasteiger partial charge in [-0.05, 0) is 31.6 Å². The van der Waals surface area contributed by atoms with Crippen molar-refractivity contribution >= 4 is 6.08 Å². The Hall–Kier alpha value is -0.880. The number of nitrogens with zero attached hydrogens (tertiary/aromatic N) is 1. The van der Waals surface area contributed by atoms with Crippen molar-refractivity contribution in [1.82, 2.24) is 0 Å². The van der Waals surface area contributed by atoms with Gasteiger partial charge < -0.3 is 0 Å². The normalized spacial score (nSPS) is 22.7. The predicted octanol–water partition coefficient (Wildman–Crippen LogP) is 2.07. The molecule has 1 atom stereocenters. The first-order valence-electron chi connectivity index (χ1n) is 4.14. The number of hydrogen-bond acceptors (Lipinski definition) is 2. The minimum absolute atomic E-state index is 0.637. The molecule has 0 aliphatic heterocycles. The van der Waals surface area contributed by atoms with E-state index in [2.05, 4.69) is 17.1 Å². The Morgan fingerprint density at radius 3 is 3.18 bits per heavy atom. The molecule has 0 saturated carbocycles. The lowest BCUT2D eigenvalue weighted by Gasteiger charge is -2.13. The molecule has 0 bridgehead atoms. The summed E-state index contributed by atoms with van der Waals surface area (Å²) in [6.45, 7) is 0.637. The maximum absolute atomic E-state index is 9.74. The molecule has 2 nitrogen and oxygen atoms in total. The molecule has 0 saturated heterocycles. The topological polar surface area (TPSA) is 29.4 Å². The van der Waals surface area contributed by atoms with E-state index in [9.17, 15) is 4.79 Å². The first-order chi connectivity index (χ1) is 5.43. The zero-order chi connectivity index (χ0) is 7.94. The van der Waals surface area contributed by atoms with Crippen LogP contribution in [0, 0.1) is 5.92 Å². The monoisotopic (exact) mass is 151 g/mol. The second-order valence-corrected chi connectivity index (χ2v) is 2.88. The van der Waals surface area contributed by atoms with Crippen LogP contribution in [0.1, 0.15) is 25.7 Å². The fourth-order valence-corrected chi connectivity index (χ4v) is 1.40. The highest BCUT2D eigenvalue weighted by atomic mass is 16.1. The molecule has 1 unspecified atom stereocenters. The molecule has 2 heteroatoms. The number of hydrogen-bond donors (Lipinski definition) is 0. The van der Waals surface area contributed by atoms with Crippen molar-refractivity contribution in [1.29, 1.82) is 0 Å². The molecule has 0 aromatic heterocycles. The number of isocyanates is 1. The van der Waals surface area contributed by atoms with Gasteiger partial charge in [0.15, 0.2) is 0 Å². The van der Waals surface area contributed by atoms with Crippen molar-refractivity contribution in [3.63, 3.8) is 0 Å². The van der Waals surface area contributed by atoms with E-state index in [0.717, 1.165) is 6.42 Å². The van der Waals surface area contributed by atoms with Gasteiger partial charge in [0.2, 0.25) is 6.08 Å². The molecule has 1 aliphatic rings. The molecule has 0 heterocycles. The van der Waals surface area contributed by atoms with Crippen LogP contribution in [0.5, 0.6) is 0 Å². The average Bonchev–Trinajstić information content (AvgIpc) is 2.07. The minimum Gasteiger partial charge on any atom is -0.211 e. The lowest BCUT2D eigenvalue weighted by molar-refractivity contribution is 0.509. The standard InChI is InChI=1S/C9H13NO/c11-8-10-7-6-9-4-2-1-3-5-9/h2,4,9H,1,3,5-7H2. The Morgan fingerprint density at radius 2 is 2.55 bits per heavy atom. The molecule has 0 fully saturated rings. The fourth-order valence-electron chi connectivity index (χ4n) is 1.40. The van der Waals surface area contributed by atoms with E-state index in [-0.39, 0.29) is 0 Å². The Bertz CT molecular complexity index is 180. The van der Waals surface area contributed by atoms with Crippen molar-refractivity contribution in [2.75, 3.05) is 6.54 Å². The Labute approximate surface area is 67.0 Å². The summed E-state index contributed by atoms with van der Waals surface area (Å²) in [6, 6.07) is 0. The van der Waals surface area contributed by atoms with Gasteiger partial charge in [0.25, 0.3) is 0 Å². The van der Waals surface area contributed by atoms with Gasteiger partial charge in [-0.2, -0.15) is 0 Å². The molecule has 60 valence electrons. The van der Waals surface area contributed by atoms with Crippen LogP contribution in [0.3, 0.4) is 0 Å². The van der Waals surface area contributed by atoms with Crippen LogP contribution in [-0.4, -0.2) is 12.6 Å². The molecular formula is C9H13NO. The van der Waals surface area contributed by atoms with Crippen LogP contribution in [-0.2, 0) is 4.79 Å². The molecule has 0 N–H and O–H groups in total. The van der Waals surface area contributed by atoms with Crippen LogP contribution < -0.4 is 0 Å². The maximum Gasteiger partial charge on any atom is 0.234 e. The summed E-state index contributed by atoms with van der Waals surface area (Å²) >= 11 is 0. The number of carbonyl (C=O) groups excluding carboxylic acids is 1. The Morgan fingerprint density at radius 1 is 1.64 bits per heavy atom. The zero-order valence-electron chi connectivity index (χ0n) is 6.62. The van der Waals surface area contributed by atoms with E-state index in [4.69, 9.17) is 0 Å². The number of aliphatic imine (C=N–C) groups is 1. The SMILES string of the molecule is O=C=NCCC1C=CCCC1. The molecule has 0 aromatic rings. The second-order valence-electron chi connectivity index (χ2n) is 2.88. The Balaban J connectivity index is 2.19. The lowest BCUT2D eigenvalue weighted by Crippen LogP contribution is -2.01. The van der Waals surface area contributed by atoms with Crippen molar-refractivity contribution in [3.8, 4) is 0 Å². The Kier molecular flexibility index (Phi) is 3.63. The van der Waals surface area contributed by atoms with Crippen LogP contribution in [0.4, 0.5) is 0 Å². The third-order valence-corrected chi connectivity index (χ3v) is 2.03. The van der Waals surface area contributed by atoms with Crippen molar-refractivity contribution < 1.29 is 4.79 Å². The molecule has 1 aliphatic carbocycles. The van der Waals surface area contributed by atoms with Gasteiger partial charge in [-0.1, -0.05) is 12.2 Å². The quantitative estimate of drug-likeness (QED) is 0.345. The predicted molar refractivity (Wildman–Crippen MR) is 44.1 cm³/mol. The van der Waals surface area contributed by atoms with Gasteiger partial charge in [0.1, 0.15) is 0 Å². The van der Waals surface area contributed by atoms with Gasteiger partial charge in [-0.3, -0.25) is 0 Å². The van der Waals surface area contributed by atoms with Crippen LogP contribution >= 0.6 is 0 Å². The largest absolute Gasteiger partial charge is 0.234 e. The molecular weight excluding hydrogens is 138 g/mol. The van der Waals surface area contributed by atoms with Gasteiger partial charge in [-0.25, -0.2) is 9.79 Å². The lowest BCUT2D eigenvalue weighted by atomic mass is 9.93. The van der Waals surface area contributed by atoms with Crippen LogP contribution in [0.25, 0.3) is 0 Å². The molecule has 0 aromatic carbocycles. The first kappa shape index (κ1) is 8.22. The molecule has 0 radical (unpaired) electrons. The highest BCUT2D eigenvalue weighted by Gasteiger charge is 2.06. The van der Waals surface area contributed by atoms with Gasteiger partial charge in [0.05, 0.1) is 6.54 Å². The summed E-state index contributed by atoms with van der Waals surface area (Å²) in [5, 5.41) is 0. The summed E-state index contributed by atoms with van der Waals surface area (Å²) in [7, 11) is 0. The number of allylic oxidation sites excluding steroid dienone is 2. The van der Waals surface area contributed by atoms with Gasteiger partial charge in [0, 0.05) is 0 Å². The fraction of sp³-hybridized carbons (Fsp3) is 0.667. The van der Waals surface area contributed by atoms with E-state index in [1.165, 1.54) is 19.3 Å². The third kappa shape index (κ3) is 3.15. The third-order valence-electron chi connectivity index (χ3n) is 2.03.